The van der Waals surface area contributed by atoms with Gasteiger partial charge in [0.05, 0.1) is 5.39 Å². The van der Waals surface area contributed by atoms with E-state index in [1.807, 2.05) is 19.9 Å². The number of aromatic nitrogens is 3. The normalized spacial score (nSPS) is 11.1. The Labute approximate surface area is 166 Å². The van der Waals surface area contributed by atoms with Gasteiger partial charge < -0.3 is 14.4 Å². The number of fused-ring (bicyclic) bond motifs is 1. The van der Waals surface area contributed by atoms with Crippen molar-refractivity contribution >= 4 is 16.9 Å². The second-order valence-corrected chi connectivity index (χ2v) is 6.77. The Kier molecular flexibility index (Phi) is 5.95. The van der Waals surface area contributed by atoms with Gasteiger partial charge in [0.1, 0.15) is 5.75 Å². The molecule has 154 valence electrons. The maximum absolute atomic E-state index is 12.5. The molecule has 0 bridgehead atoms. The Balaban J connectivity index is 1.66. The molecular weight excluding hydrogens is 382 g/mol. The summed E-state index contributed by atoms with van der Waals surface area (Å²) < 4.78 is 36.4. The van der Waals surface area contributed by atoms with Crippen LogP contribution in [0.3, 0.4) is 0 Å². The first-order valence-corrected chi connectivity index (χ1v) is 8.96. The third-order valence-electron chi connectivity index (χ3n) is 4.39. The highest BCUT2D eigenvalue weighted by atomic mass is 19.3. The minimum Gasteiger partial charge on any atom is -0.466 e. The zero-order valence-electron chi connectivity index (χ0n) is 16.6. The Hall–Kier alpha value is -3.23. The molecule has 29 heavy (non-hydrogen) atoms. The van der Waals surface area contributed by atoms with Crippen molar-refractivity contribution in [3.8, 4) is 11.6 Å². The molecule has 0 spiro atoms. The molecule has 0 saturated carbocycles. The minimum absolute atomic E-state index is 0.0489. The van der Waals surface area contributed by atoms with Crippen molar-refractivity contribution in [3.05, 3.63) is 47.2 Å². The van der Waals surface area contributed by atoms with Gasteiger partial charge in [0.15, 0.2) is 12.3 Å². The highest BCUT2D eigenvalue weighted by molar-refractivity contribution is 5.85. The van der Waals surface area contributed by atoms with Crippen LogP contribution in [0.4, 0.5) is 8.78 Å². The average molecular weight is 404 g/mol. The van der Waals surface area contributed by atoms with E-state index in [9.17, 15) is 13.6 Å². The number of pyridine rings is 1. The molecular formula is C20H22F2N4O3. The summed E-state index contributed by atoms with van der Waals surface area (Å²) in [7, 11) is 3.38. The Morgan fingerprint density at radius 1 is 1.28 bits per heavy atom. The molecule has 9 heteroatoms. The molecule has 0 radical (unpaired) electrons. The van der Waals surface area contributed by atoms with Gasteiger partial charge in [-0.2, -0.15) is 8.78 Å². The fourth-order valence-electron chi connectivity index (χ4n) is 3.07. The number of hydrogen-bond donors (Lipinski definition) is 0. The number of carbonyl (C=O) groups excluding carboxylic acids is 1. The monoisotopic (exact) mass is 404 g/mol. The predicted octanol–water partition coefficient (Wildman–Crippen LogP) is 3.22. The first-order chi connectivity index (χ1) is 13.7. The molecule has 0 N–H and O–H groups in total. The SMILES string of the molecule is Cc1cc(C)c2c(OCC(=O)N(C)Cc3cccc(OC(F)F)c3)nn(C)c2n1. The van der Waals surface area contributed by atoms with Crippen LogP contribution in [0.25, 0.3) is 11.0 Å². The summed E-state index contributed by atoms with van der Waals surface area (Å²) in [6.45, 7) is 0.968. The van der Waals surface area contributed by atoms with Gasteiger partial charge in [0.2, 0.25) is 5.88 Å². The van der Waals surface area contributed by atoms with E-state index in [2.05, 4.69) is 14.8 Å². The van der Waals surface area contributed by atoms with Crippen molar-refractivity contribution in [2.24, 2.45) is 7.05 Å². The lowest BCUT2D eigenvalue weighted by Gasteiger charge is -2.17. The van der Waals surface area contributed by atoms with Crippen LogP contribution in [0, 0.1) is 13.8 Å². The van der Waals surface area contributed by atoms with Crippen molar-refractivity contribution in [3.63, 3.8) is 0 Å². The molecule has 0 aliphatic rings. The molecule has 1 amide bonds. The van der Waals surface area contributed by atoms with E-state index in [0.717, 1.165) is 16.6 Å². The van der Waals surface area contributed by atoms with Crippen molar-refractivity contribution in [2.75, 3.05) is 13.7 Å². The van der Waals surface area contributed by atoms with Crippen LogP contribution in [-0.4, -0.2) is 45.8 Å². The zero-order valence-corrected chi connectivity index (χ0v) is 16.6. The van der Waals surface area contributed by atoms with Gasteiger partial charge in [-0.1, -0.05) is 12.1 Å². The van der Waals surface area contributed by atoms with Crippen LogP contribution in [0.2, 0.25) is 0 Å². The first-order valence-electron chi connectivity index (χ1n) is 8.96. The van der Waals surface area contributed by atoms with Gasteiger partial charge in [-0.05, 0) is 43.2 Å². The summed E-state index contributed by atoms with van der Waals surface area (Å²) in [4.78, 5) is 18.4. The highest BCUT2D eigenvalue weighted by Crippen LogP contribution is 2.27. The standard InChI is InChI=1S/C20H22F2N4O3/c1-12-8-13(2)23-18-17(12)19(24-26(18)4)28-11-16(27)25(3)10-14-6-5-7-15(9-14)29-20(21)22/h5-9,20H,10-11H2,1-4H3. The van der Waals surface area contributed by atoms with Crippen molar-refractivity contribution in [1.29, 1.82) is 0 Å². The average Bonchev–Trinajstić information content (AvgIpc) is 2.95. The second kappa shape index (κ2) is 8.42. The van der Waals surface area contributed by atoms with Crippen molar-refractivity contribution in [1.82, 2.24) is 19.7 Å². The van der Waals surface area contributed by atoms with Crippen LogP contribution in [0.1, 0.15) is 16.8 Å². The molecule has 7 nitrogen and oxygen atoms in total. The van der Waals surface area contributed by atoms with Crippen LogP contribution in [-0.2, 0) is 18.4 Å². The van der Waals surface area contributed by atoms with Gasteiger partial charge in [-0.3, -0.25) is 4.79 Å². The minimum atomic E-state index is -2.90. The summed E-state index contributed by atoms with van der Waals surface area (Å²) in [5.41, 5.74) is 3.19. The highest BCUT2D eigenvalue weighted by Gasteiger charge is 2.17. The maximum Gasteiger partial charge on any atom is 0.387 e. The lowest BCUT2D eigenvalue weighted by Crippen LogP contribution is -2.31. The molecule has 2 aromatic heterocycles. The number of benzene rings is 1. The van der Waals surface area contributed by atoms with Crippen LogP contribution < -0.4 is 9.47 Å². The number of rotatable bonds is 7. The second-order valence-electron chi connectivity index (χ2n) is 6.77. The number of ether oxygens (including phenoxy) is 2. The molecule has 0 atom stereocenters. The van der Waals surface area contributed by atoms with E-state index in [0.29, 0.717) is 17.1 Å². The molecule has 0 fully saturated rings. The van der Waals surface area contributed by atoms with E-state index in [1.54, 1.807) is 30.9 Å². The molecule has 2 heterocycles. The third kappa shape index (κ3) is 4.79. The number of likely N-dealkylation sites (N-methyl/N-ethyl adjacent to an activating group) is 1. The Bertz CT molecular complexity index is 1040. The van der Waals surface area contributed by atoms with Gasteiger partial charge in [0.25, 0.3) is 5.91 Å². The zero-order chi connectivity index (χ0) is 21.1. The number of carbonyl (C=O) groups is 1. The number of aryl methyl sites for hydroxylation is 3. The van der Waals surface area contributed by atoms with E-state index in [-0.39, 0.29) is 24.8 Å². The number of hydrogen-bond acceptors (Lipinski definition) is 5. The fourth-order valence-corrected chi connectivity index (χ4v) is 3.07. The number of halogens is 2. The maximum atomic E-state index is 12.5. The number of alkyl halides is 2. The molecule has 0 aliphatic carbocycles. The fraction of sp³-hybridized carbons (Fsp3) is 0.350. The van der Waals surface area contributed by atoms with Crippen molar-refractivity contribution < 1.29 is 23.0 Å². The third-order valence-corrected chi connectivity index (χ3v) is 4.39. The predicted molar refractivity (Wildman–Crippen MR) is 103 cm³/mol. The van der Waals surface area contributed by atoms with Gasteiger partial charge in [-0.25, -0.2) is 9.67 Å². The topological polar surface area (TPSA) is 69.5 Å². The first kappa shape index (κ1) is 20.5. The lowest BCUT2D eigenvalue weighted by molar-refractivity contribution is -0.132. The van der Waals surface area contributed by atoms with E-state index in [1.165, 1.54) is 17.0 Å². The van der Waals surface area contributed by atoms with Gasteiger partial charge in [0, 0.05) is 26.3 Å². The smallest absolute Gasteiger partial charge is 0.387 e. The van der Waals surface area contributed by atoms with Crippen LogP contribution in [0.5, 0.6) is 11.6 Å². The molecule has 3 rings (SSSR count). The van der Waals surface area contributed by atoms with E-state index in [4.69, 9.17) is 4.74 Å². The number of amides is 1. The van der Waals surface area contributed by atoms with Gasteiger partial charge >= 0.3 is 6.61 Å². The molecule has 0 saturated heterocycles. The lowest BCUT2D eigenvalue weighted by atomic mass is 10.2. The van der Waals surface area contributed by atoms with Crippen LogP contribution >= 0.6 is 0 Å². The summed E-state index contributed by atoms with van der Waals surface area (Å²) in [5, 5.41) is 5.09. The summed E-state index contributed by atoms with van der Waals surface area (Å²) in [5.74, 6) is 0.121. The summed E-state index contributed by atoms with van der Waals surface area (Å²) in [6.07, 6.45) is 0. The molecule has 3 aromatic rings. The van der Waals surface area contributed by atoms with E-state index >= 15 is 0 Å². The van der Waals surface area contributed by atoms with E-state index < -0.39 is 6.61 Å². The van der Waals surface area contributed by atoms with Gasteiger partial charge in [-0.15, -0.1) is 5.10 Å². The molecule has 0 unspecified atom stereocenters. The van der Waals surface area contributed by atoms with Crippen molar-refractivity contribution in [2.45, 2.75) is 27.0 Å². The number of nitrogens with zero attached hydrogens (tertiary/aromatic N) is 4. The quantitative estimate of drug-likeness (QED) is 0.605. The molecule has 1 aromatic carbocycles. The Morgan fingerprint density at radius 3 is 2.76 bits per heavy atom. The largest absolute Gasteiger partial charge is 0.466 e. The summed E-state index contributed by atoms with van der Waals surface area (Å²) >= 11 is 0. The van der Waals surface area contributed by atoms with Crippen LogP contribution in [0.15, 0.2) is 30.3 Å². The Morgan fingerprint density at radius 2 is 2.03 bits per heavy atom. The molecule has 0 aliphatic heterocycles. The summed E-state index contributed by atoms with van der Waals surface area (Å²) in [6, 6.07) is 8.16.